The largest absolute Gasteiger partial charge is 0.396 e. The van der Waals surface area contributed by atoms with Crippen molar-refractivity contribution < 1.29 is 9.90 Å². The van der Waals surface area contributed by atoms with E-state index in [2.05, 4.69) is 4.98 Å². The number of carbonyl (C=O) groups is 1. The monoisotopic (exact) mass is 252 g/mol. The molecule has 17 heavy (non-hydrogen) atoms. The minimum atomic E-state index is -0.495. The van der Waals surface area contributed by atoms with Crippen molar-refractivity contribution in [1.82, 2.24) is 4.98 Å². The summed E-state index contributed by atoms with van der Waals surface area (Å²) in [4.78, 5) is 14.3. The summed E-state index contributed by atoms with van der Waals surface area (Å²) in [5.74, 6) is -0.495. The SMILES string of the molecule is NC(=O)c1[nH]c2cc(Cl)ccc2c1CCCO. The molecule has 5 heteroatoms. The number of aromatic amines is 1. The number of nitrogens with two attached hydrogens (primary N) is 1. The van der Waals surface area contributed by atoms with Crippen LogP contribution < -0.4 is 5.73 Å². The molecular formula is C12H13ClN2O2. The molecule has 1 heterocycles. The molecule has 0 bridgehead atoms. The van der Waals surface area contributed by atoms with Gasteiger partial charge in [0.2, 0.25) is 0 Å². The molecule has 0 aliphatic carbocycles. The van der Waals surface area contributed by atoms with Gasteiger partial charge in [0, 0.05) is 22.5 Å². The molecule has 90 valence electrons. The Hall–Kier alpha value is -1.52. The first-order valence-electron chi connectivity index (χ1n) is 5.34. The van der Waals surface area contributed by atoms with E-state index in [0.29, 0.717) is 23.6 Å². The van der Waals surface area contributed by atoms with Gasteiger partial charge in [-0.15, -0.1) is 0 Å². The fourth-order valence-corrected chi connectivity index (χ4v) is 2.13. The van der Waals surface area contributed by atoms with Gasteiger partial charge in [0.05, 0.1) is 0 Å². The number of carbonyl (C=O) groups excluding carboxylic acids is 1. The van der Waals surface area contributed by atoms with Crippen LogP contribution in [0.4, 0.5) is 0 Å². The van der Waals surface area contributed by atoms with Crippen LogP contribution in [0.2, 0.25) is 5.02 Å². The molecular weight excluding hydrogens is 240 g/mol. The average Bonchev–Trinajstić information content (AvgIpc) is 2.64. The molecule has 2 rings (SSSR count). The number of benzene rings is 1. The lowest BCUT2D eigenvalue weighted by Gasteiger charge is -2.00. The number of hydrogen-bond acceptors (Lipinski definition) is 2. The highest BCUT2D eigenvalue weighted by atomic mass is 35.5. The number of aliphatic hydroxyl groups is 1. The van der Waals surface area contributed by atoms with E-state index in [0.717, 1.165) is 16.5 Å². The second kappa shape index (κ2) is 4.77. The minimum Gasteiger partial charge on any atom is -0.396 e. The molecule has 1 amide bonds. The quantitative estimate of drug-likeness (QED) is 0.776. The van der Waals surface area contributed by atoms with Gasteiger partial charge in [0.25, 0.3) is 5.91 Å². The maximum Gasteiger partial charge on any atom is 0.265 e. The number of H-pyrrole nitrogens is 1. The third kappa shape index (κ3) is 2.28. The summed E-state index contributed by atoms with van der Waals surface area (Å²) in [5.41, 5.74) is 7.36. The van der Waals surface area contributed by atoms with E-state index in [4.69, 9.17) is 22.4 Å². The second-order valence-corrected chi connectivity index (χ2v) is 4.30. The molecule has 0 saturated carbocycles. The van der Waals surface area contributed by atoms with Crippen LogP contribution in [-0.2, 0) is 6.42 Å². The predicted molar refractivity (Wildman–Crippen MR) is 67.2 cm³/mol. The van der Waals surface area contributed by atoms with Crippen LogP contribution in [0.25, 0.3) is 10.9 Å². The predicted octanol–water partition coefficient (Wildman–Crippen LogP) is 1.85. The lowest BCUT2D eigenvalue weighted by molar-refractivity contribution is 0.0995. The summed E-state index contributed by atoms with van der Waals surface area (Å²) in [6, 6.07) is 5.38. The fraction of sp³-hybridized carbons (Fsp3) is 0.250. The topological polar surface area (TPSA) is 79.1 Å². The van der Waals surface area contributed by atoms with Gasteiger partial charge in [-0.2, -0.15) is 0 Å². The van der Waals surface area contributed by atoms with E-state index in [1.54, 1.807) is 12.1 Å². The van der Waals surface area contributed by atoms with Crippen LogP contribution in [0, 0.1) is 0 Å². The van der Waals surface area contributed by atoms with Crippen molar-refractivity contribution in [3.05, 3.63) is 34.5 Å². The van der Waals surface area contributed by atoms with Gasteiger partial charge in [-0.3, -0.25) is 4.79 Å². The standard InChI is InChI=1S/C12H13ClN2O2/c13-7-3-4-8-9(2-1-5-16)11(12(14)17)15-10(8)6-7/h3-4,6,15-16H,1-2,5H2,(H2,14,17). The number of rotatable bonds is 4. The molecule has 0 spiro atoms. The number of fused-ring (bicyclic) bond motifs is 1. The Morgan fingerprint density at radius 2 is 2.24 bits per heavy atom. The Bertz CT molecular complexity index is 563. The zero-order valence-electron chi connectivity index (χ0n) is 9.16. The summed E-state index contributed by atoms with van der Waals surface area (Å²) in [7, 11) is 0. The highest BCUT2D eigenvalue weighted by Gasteiger charge is 2.15. The number of hydrogen-bond donors (Lipinski definition) is 3. The van der Waals surface area contributed by atoms with Crippen LogP contribution in [-0.4, -0.2) is 22.6 Å². The first-order valence-corrected chi connectivity index (χ1v) is 5.72. The average molecular weight is 253 g/mol. The molecule has 1 aromatic carbocycles. The minimum absolute atomic E-state index is 0.0818. The first kappa shape index (κ1) is 12.0. The molecule has 0 aliphatic rings. The van der Waals surface area contributed by atoms with Crippen molar-refractivity contribution in [2.45, 2.75) is 12.8 Å². The van der Waals surface area contributed by atoms with E-state index < -0.39 is 5.91 Å². The lowest BCUT2D eigenvalue weighted by atomic mass is 10.1. The number of halogens is 1. The Kier molecular flexibility index (Phi) is 3.36. The maximum absolute atomic E-state index is 11.3. The third-order valence-corrected chi connectivity index (χ3v) is 2.93. The number of aryl methyl sites for hydroxylation is 1. The molecule has 0 aliphatic heterocycles. The second-order valence-electron chi connectivity index (χ2n) is 3.86. The van der Waals surface area contributed by atoms with E-state index in [-0.39, 0.29) is 6.61 Å². The Labute approximate surface area is 103 Å². The Balaban J connectivity index is 2.58. The van der Waals surface area contributed by atoms with E-state index in [1.807, 2.05) is 6.07 Å². The van der Waals surface area contributed by atoms with Gasteiger partial charge < -0.3 is 15.8 Å². The van der Waals surface area contributed by atoms with Crippen LogP contribution >= 0.6 is 11.6 Å². The summed E-state index contributed by atoms with van der Waals surface area (Å²) in [6.45, 7) is 0.0818. The van der Waals surface area contributed by atoms with Crippen molar-refractivity contribution in [3.8, 4) is 0 Å². The van der Waals surface area contributed by atoms with Crippen molar-refractivity contribution >= 4 is 28.4 Å². The van der Waals surface area contributed by atoms with Crippen molar-refractivity contribution in [2.24, 2.45) is 5.73 Å². The van der Waals surface area contributed by atoms with Crippen molar-refractivity contribution in [1.29, 1.82) is 0 Å². The molecule has 0 fully saturated rings. The smallest absolute Gasteiger partial charge is 0.265 e. The van der Waals surface area contributed by atoms with E-state index in [9.17, 15) is 4.79 Å². The summed E-state index contributed by atoms with van der Waals surface area (Å²) in [5, 5.41) is 10.4. The number of aromatic nitrogens is 1. The molecule has 4 N–H and O–H groups in total. The summed E-state index contributed by atoms with van der Waals surface area (Å²) < 4.78 is 0. The number of nitrogens with one attached hydrogen (secondary N) is 1. The van der Waals surface area contributed by atoms with Crippen LogP contribution in [0.3, 0.4) is 0 Å². The molecule has 2 aromatic rings. The molecule has 0 unspecified atom stereocenters. The lowest BCUT2D eigenvalue weighted by Crippen LogP contribution is -2.13. The number of aliphatic hydroxyl groups excluding tert-OH is 1. The maximum atomic E-state index is 11.3. The Morgan fingerprint density at radius 1 is 1.47 bits per heavy atom. The third-order valence-electron chi connectivity index (χ3n) is 2.70. The van der Waals surface area contributed by atoms with Crippen LogP contribution in [0.15, 0.2) is 18.2 Å². The molecule has 0 atom stereocenters. The van der Waals surface area contributed by atoms with Crippen LogP contribution in [0.1, 0.15) is 22.5 Å². The zero-order chi connectivity index (χ0) is 12.4. The molecule has 1 aromatic heterocycles. The van der Waals surface area contributed by atoms with E-state index in [1.165, 1.54) is 0 Å². The van der Waals surface area contributed by atoms with Gasteiger partial charge in [-0.05, 0) is 30.5 Å². The molecule has 4 nitrogen and oxygen atoms in total. The zero-order valence-corrected chi connectivity index (χ0v) is 9.92. The molecule has 0 radical (unpaired) electrons. The first-order chi connectivity index (χ1) is 8.13. The van der Waals surface area contributed by atoms with Gasteiger partial charge in [-0.25, -0.2) is 0 Å². The number of amides is 1. The van der Waals surface area contributed by atoms with Gasteiger partial charge in [0.1, 0.15) is 5.69 Å². The Morgan fingerprint density at radius 3 is 2.88 bits per heavy atom. The molecule has 0 saturated heterocycles. The fourth-order valence-electron chi connectivity index (χ4n) is 1.95. The summed E-state index contributed by atoms with van der Waals surface area (Å²) in [6.07, 6.45) is 1.20. The van der Waals surface area contributed by atoms with Crippen molar-refractivity contribution in [2.75, 3.05) is 6.61 Å². The normalized spacial score (nSPS) is 10.9. The summed E-state index contributed by atoms with van der Waals surface area (Å²) >= 11 is 5.89. The van der Waals surface area contributed by atoms with Gasteiger partial charge >= 0.3 is 0 Å². The highest BCUT2D eigenvalue weighted by molar-refractivity contribution is 6.31. The van der Waals surface area contributed by atoms with Crippen molar-refractivity contribution in [3.63, 3.8) is 0 Å². The number of primary amides is 1. The highest BCUT2D eigenvalue weighted by Crippen LogP contribution is 2.26. The van der Waals surface area contributed by atoms with E-state index >= 15 is 0 Å². The van der Waals surface area contributed by atoms with Gasteiger partial charge in [0.15, 0.2) is 0 Å². The van der Waals surface area contributed by atoms with Crippen LogP contribution in [0.5, 0.6) is 0 Å². The van der Waals surface area contributed by atoms with Gasteiger partial charge in [-0.1, -0.05) is 17.7 Å².